The van der Waals surface area contributed by atoms with E-state index < -0.39 is 28.3 Å². The molecule has 0 amide bonds. The van der Waals surface area contributed by atoms with Crippen LogP contribution in [0, 0.1) is 0 Å². The lowest BCUT2D eigenvalue weighted by molar-refractivity contribution is 0.00578. The number of allylic oxidation sites excluding steroid dienone is 1. The molecule has 0 saturated carbocycles. The smallest absolute Gasteiger partial charge is 0.399 e. The number of hydrogen-bond acceptors (Lipinski definition) is 4. The van der Waals surface area contributed by atoms with Crippen molar-refractivity contribution in [3.05, 3.63) is 35.7 Å². The maximum atomic E-state index is 11.9. The maximum Gasteiger partial charge on any atom is 0.494 e. The summed E-state index contributed by atoms with van der Waals surface area (Å²) in [7, 11) is -4.09. The van der Waals surface area contributed by atoms with Crippen molar-refractivity contribution in [2.45, 2.75) is 45.8 Å². The van der Waals surface area contributed by atoms with E-state index in [-0.39, 0.29) is 4.91 Å². The Morgan fingerprint density at radius 3 is 2.23 bits per heavy atom. The summed E-state index contributed by atoms with van der Waals surface area (Å²) in [4.78, 5) is 0.0635. The van der Waals surface area contributed by atoms with Gasteiger partial charge in [-0.1, -0.05) is 18.7 Å². The van der Waals surface area contributed by atoms with Crippen molar-refractivity contribution in [2.24, 2.45) is 0 Å². The highest BCUT2D eigenvalue weighted by Gasteiger charge is 2.51. The van der Waals surface area contributed by atoms with E-state index in [4.69, 9.17) is 9.31 Å². The monoisotopic (exact) mass is 323 g/mol. The summed E-state index contributed by atoms with van der Waals surface area (Å²) in [5.74, 6) is 0. The predicted octanol–water partition coefficient (Wildman–Crippen LogP) is 2.26. The van der Waals surface area contributed by atoms with Crippen LogP contribution in [-0.4, -0.2) is 26.7 Å². The largest absolute Gasteiger partial charge is 0.494 e. The molecule has 1 heterocycles. The first-order valence-corrected chi connectivity index (χ1v) is 8.57. The van der Waals surface area contributed by atoms with Crippen molar-refractivity contribution in [3.63, 3.8) is 0 Å². The highest BCUT2D eigenvalue weighted by Crippen LogP contribution is 2.36. The molecule has 7 heteroatoms. The molecule has 0 radical (unpaired) electrons. The molecule has 1 aliphatic rings. The third-order valence-electron chi connectivity index (χ3n) is 4.12. The van der Waals surface area contributed by atoms with E-state index in [2.05, 4.69) is 11.3 Å². The Balaban J connectivity index is 2.26. The van der Waals surface area contributed by atoms with Crippen molar-refractivity contribution in [2.75, 3.05) is 4.72 Å². The second-order valence-electron chi connectivity index (χ2n) is 6.52. The predicted molar refractivity (Wildman–Crippen MR) is 89.5 cm³/mol. The van der Waals surface area contributed by atoms with Crippen LogP contribution < -0.4 is 10.2 Å². The molecule has 0 unspecified atom stereocenters. The van der Waals surface area contributed by atoms with Crippen LogP contribution in [0.5, 0.6) is 0 Å². The lowest BCUT2D eigenvalue weighted by Gasteiger charge is -2.32. The number of rotatable bonds is 4. The van der Waals surface area contributed by atoms with Crippen molar-refractivity contribution < 1.29 is 17.7 Å². The maximum absolute atomic E-state index is 11.9. The Hall–Kier alpha value is -1.31. The van der Waals surface area contributed by atoms with Crippen LogP contribution in [0.4, 0.5) is 5.69 Å². The van der Waals surface area contributed by atoms with Gasteiger partial charge in [-0.25, -0.2) is 8.42 Å². The van der Waals surface area contributed by atoms with Gasteiger partial charge in [0.15, 0.2) is 0 Å². The van der Waals surface area contributed by atoms with Crippen molar-refractivity contribution in [1.82, 2.24) is 0 Å². The van der Waals surface area contributed by atoms with Gasteiger partial charge in [-0.2, -0.15) is 0 Å². The van der Waals surface area contributed by atoms with Gasteiger partial charge in [0.2, 0.25) is 0 Å². The van der Waals surface area contributed by atoms with Crippen LogP contribution in [-0.2, 0) is 19.3 Å². The zero-order valence-corrected chi connectivity index (χ0v) is 14.5. The minimum atomic E-state index is -3.56. The topological polar surface area (TPSA) is 64.6 Å². The summed E-state index contributed by atoms with van der Waals surface area (Å²) in [6.07, 6.45) is 0. The van der Waals surface area contributed by atoms with Crippen LogP contribution in [0.25, 0.3) is 0 Å². The molecule has 1 aliphatic heterocycles. The Morgan fingerprint density at radius 1 is 1.18 bits per heavy atom. The van der Waals surface area contributed by atoms with E-state index >= 15 is 0 Å². The number of sulfonamides is 1. The van der Waals surface area contributed by atoms with Gasteiger partial charge in [0.05, 0.1) is 16.1 Å². The van der Waals surface area contributed by atoms with Crippen molar-refractivity contribution in [3.8, 4) is 0 Å². The minimum Gasteiger partial charge on any atom is -0.399 e. The van der Waals surface area contributed by atoms with E-state index in [1.54, 1.807) is 18.2 Å². The molecule has 22 heavy (non-hydrogen) atoms. The Morgan fingerprint density at radius 2 is 1.73 bits per heavy atom. The van der Waals surface area contributed by atoms with Crippen LogP contribution in [0.15, 0.2) is 35.7 Å². The molecule has 0 aliphatic carbocycles. The second kappa shape index (κ2) is 5.40. The highest BCUT2D eigenvalue weighted by atomic mass is 32.2. The lowest BCUT2D eigenvalue weighted by Crippen LogP contribution is -2.41. The summed E-state index contributed by atoms with van der Waals surface area (Å²) < 4.78 is 38.1. The van der Waals surface area contributed by atoms with Crippen molar-refractivity contribution in [1.29, 1.82) is 0 Å². The molecule has 1 aromatic carbocycles. The fourth-order valence-electron chi connectivity index (χ4n) is 1.97. The summed E-state index contributed by atoms with van der Waals surface area (Å²) in [5.41, 5.74) is 0.339. The molecule has 1 aromatic rings. The number of hydrogen-bond donors (Lipinski definition) is 1. The Bertz CT molecular complexity index is 681. The molecular formula is C15H22BNO4S. The molecule has 0 aromatic heterocycles. The SMILES string of the molecule is C=C(C)S(=O)(=O)Nc1cccc(B2OC(C)(C)C(C)(C)O2)c1. The molecule has 0 spiro atoms. The molecule has 1 N–H and O–H groups in total. The molecule has 0 bridgehead atoms. The second-order valence-corrected chi connectivity index (χ2v) is 8.43. The first kappa shape index (κ1) is 17.1. The molecule has 2 rings (SSSR count). The van der Waals surface area contributed by atoms with Crippen LogP contribution in [0.2, 0.25) is 0 Å². The van der Waals surface area contributed by atoms with E-state index in [0.717, 1.165) is 5.46 Å². The average molecular weight is 323 g/mol. The van der Waals surface area contributed by atoms with Gasteiger partial charge in [-0.15, -0.1) is 0 Å². The number of benzene rings is 1. The summed E-state index contributed by atoms with van der Waals surface area (Å²) >= 11 is 0. The van der Waals surface area contributed by atoms with Gasteiger partial charge in [-0.05, 0) is 52.2 Å². The third-order valence-corrected chi connectivity index (χ3v) is 5.54. The van der Waals surface area contributed by atoms with Gasteiger partial charge in [0.1, 0.15) is 0 Å². The van der Waals surface area contributed by atoms with Gasteiger partial charge in [0.25, 0.3) is 10.0 Å². The summed E-state index contributed by atoms with van der Waals surface area (Å²) in [5, 5.41) is 0. The van der Waals surface area contributed by atoms with Gasteiger partial charge in [0, 0.05) is 5.69 Å². The van der Waals surface area contributed by atoms with E-state index in [9.17, 15) is 8.42 Å². The first-order chi connectivity index (χ1) is 9.95. The van der Waals surface area contributed by atoms with Crippen LogP contribution in [0.3, 0.4) is 0 Å². The van der Waals surface area contributed by atoms with E-state index in [1.165, 1.54) is 6.92 Å². The molecule has 1 fully saturated rings. The fourth-order valence-corrected chi connectivity index (χ4v) is 2.58. The van der Waals surface area contributed by atoms with Crippen molar-refractivity contribution >= 4 is 28.3 Å². The zero-order valence-electron chi connectivity index (χ0n) is 13.6. The Kier molecular flexibility index (Phi) is 4.19. The van der Waals surface area contributed by atoms with Crippen LogP contribution >= 0.6 is 0 Å². The Labute approximate surface area is 132 Å². The molecule has 5 nitrogen and oxygen atoms in total. The molecule has 120 valence electrons. The van der Waals surface area contributed by atoms with Gasteiger partial charge in [-0.3, -0.25) is 4.72 Å². The highest BCUT2D eigenvalue weighted by molar-refractivity contribution is 7.96. The van der Waals surface area contributed by atoms with Gasteiger partial charge < -0.3 is 9.31 Å². The quantitative estimate of drug-likeness (QED) is 0.863. The average Bonchev–Trinajstić information content (AvgIpc) is 2.58. The number of anilines is 1. The molecular weight excluding hydrogens is 301 g/mol. The van der Waals surface area contributed by atoms with Crippen LogP contribution in [0.1, 0.15) is 34.6 Å². The number of nitrogens with one attached hydrogen (secondary N) is 1. The zero-order chi connectivity index (χ0) is 16.8. The first-order valence-electron chi connectivity index (χ1n) is 7.08. The molecule has 0 atom stereocenters. The molecule has 1 saturated heterocycles. The fraction of sp³-hybridized carbons (Fsp3) is 0.467. The normalized spacial score (nSPS) is 20.0. The summed E-state index contributed by atoms with van der Waals surface area (Å²) in [6.45, 7) is 12.8. The lowest BCUT2D eigenvalue weighted by atomic mass is 9.79. The van der Waals surface area contributed by atoms with E-state index in [1.807, 2.05) is 33.8 Å². The third kappa shape index (κ3) is 3.21. The van der Waals surface area contributed by atoms with E-state index in [0.29, 0.717) is 5.69 Å². The van der Waals surface area contributed by atoms with Gasteiger partial charge >= 0.3 is 7.12 Å². The summed E-state index contributed by atoms with van der Waals surface area (Å²) in [6, 6.07) is 7.00. The standard InChI is InChI=1S/C15H22BNO4S/c1-11(2)22(18,19)17-13-9-7-8-12(10-13)16-20-14(3,4)15(5,6)21-16/h7-10,17H,1H2,2-6H3. The minimum absolute atomic E-state index is 0.0635.